The van der Waals surface area contributed by atoms with Crippen LogP contribution in [0, 0.1) is 15.3 Å². The van der Waals surface area contributed by atoms with Crippen LogP contribution in [-0.4, -0.2) is 12.0 Å². The average Bonchev–Trinajstić information content (AvgIpc) is 2.08. The standard InChI is InChI=1S/C6H6BrN3O3/c1-8-4-3-9(11)6(7)2-5(4)10(12)13/h2-3,8H,1H3. The van der Waals surface area contributed by atoms with E-state index in [9.17, 15) is 15.3 Å². The second-order valence-electron chi connectivity index (χ2n) is 2.23. The molecular weight excluding hydrogens is 242 g/mol. The topological polar surface area (TPSA) is 82.1 Å². The zero-order valence-electron chi connectivity index (χ0n) is 6.65. The Balaban J connectivity index is 3.33. The van der Waals surface area contributed by atoms with Gasteiger partial charge in [0.1, 0.15) is 0 Å². The predicted molar refractivity (Wildman–Crippen MR) is 49.3 cm³/mol. The Morgan fingerprint density at radius 3 is 2.77 bits per heavy atom. The summed E-state index contributed by atoms with van der Waals surface area (Å²) in [6.45, 7) is 0. The molecule has 6 nitrogen and oxygen atoms in total. The van der Waals surface area contributed by atoms with Crippen LogP contribution in [0.3, 0.4) is 0 Å². The maximum atomic E-state index is 11.0. The van der Waals surface area contributed by atoms with Gasteiger partial charge in [0, 0.05) is 23.0 Å². The Hall–Kier alpha value is -1.37. The van der Waals surface area contributed by atoms with E-state index in [4.69, 9.17) is 0 Å². The summed E-state index contributed by atoms with van der Waals surface area (Å²) in [7, 11) is 1.51. The summed E-state index contributed by atoms with van der Waals surface area (Å²) in [4.78, 5) is 9.92. The molecule has 0 saturated carbocycles. The fourth-order valence-electron chi connectivity index (χ4n) is 0.843. The Kier molecular flexibility index (Phi) is 2.66. The summed E-state index contributed by atoms with van der Waals surface area (Å²) >= 11 is 2.90. The highest BCUT2D eigenvalue weighted by molar-refractivity contribution is 9.10. The SMILES string of the molecule is CNc1c[n+]([O-])c(Br)cc1[N+](=O)[O-]. The number of pyridine rings is 1. The van der Waals surface area contributed by atoms with Crippen molar-refractivity contribution in [3.8, 4) is 0 Å². The van der Waals surface area contributed by atoms with E-state index in [1.807, 2.05) is 0 Å². The first kappa shape index (κ1) is 9.72. The highest BCUT2D eigenvalue weighted by atomic mass is 79.9. The molecule has 0 fully saturated rings. The molecule has 0 spiro atoms. The first-order valence-corrected chi connectivity index (χ1v) is 4.10. The number of nitrogens with zero attached hydrogens (tertiary/aromatic N) is 2. The lowest BCUT2D eigenvalue weighted by Gasteiger charge is -2.03. The van der Waals surface area contributed by atoms with Crippen LogP contribution in [0.25, 0.3) is 0 Å². The predicted octanol–water partition coefficient (Wildman–Crippen LogP) is 1.03. The third-order valence-corrected chi connectivity index (χ3v) is 2.03. The number of anilines is 1. The highest BCUT2D eigenvalue weighted by Gasteiger charge is 2.18. The van der Waals surface area contributed by atoms with Gasteiger partial charge in [-0.25, -0.2) is 0 Å². The van der Waals surface area contributed by atoms with Crippen LogP contribution < -0.4 is 10.0 Å². The summed E-state index contributed by atoms with van der Waals surface area (Å²) in [5.41, 5.74) is 0.0460. The molecule has 0 aliphatic heterocycles. The van der Waals surface area contributed by atoms with Gasteiger partial charge in [-0.2, -0.15) is 4.73 Å². The van der Waals surface area contributed by atoms with Gasteiger partial charge < -0.3 is 10.5 Å². The molecule has 0 atom stereocenters. The number of nitrogens with one attached hydrogen (secondary N) is 1. The third-order valence-electron chi connectivity index (χ3n) is 1.45. The molecule has 1 aromatic rings. The Morgan fingerprint density at radius 2 is 2.31 bits per heavy atom. The van der Waals surface area contributed by atoms with E-state index in [1.54, 1.807) is 0 Å². The number of aromatic nitrogens is 1. The molecule has 0 amide bonds. The van der Waals surface area contributed by atoms with Crippen molar-refractivity contribution in [2.75, 3.05) is 12.4 Å². The molecule has 7 heteroatoms. The minimum atomic E-state index is -0.559. The number of nitro groups is 1. The molecular formula is C6H6BrN3O3. The number of hydrogen-bond donors (Lipinski definition) is 1. The smallest absolute Gasteiger partial charge is 0.305 e. The van der Waals surface area contributed by atoms with Crippen molar-refractivity contribution in [2.45, 2.75) is 0 Å². The molecule has 1 aromatic heterocycles. The van der Waals surface area contributed by atoms with E-state index in [1.165, 1.54) is 7.05 Å². The lowest BCUT2D eigenvalue weighted by molar-refractivity contribution is -0.617. The zero-order valence-corrected chi connectivity index (χ0v) is 8.24. The van der Waals surface area contributed by atoms with Gasteiger partial charge in [0.25, 0.3) is 4.60 Å². The average molecular weight is 248 g/mol. The van der Waals surface area contributed by atoms with Crippen LogP contribution in [0.1, 0.15) is 0 Å². The van der Waals surface area contributed by atoms with Crippen molar-refractivity contribution in [3.05, 3.63) is 32.2 Å². The summed E-state index contributed by atoms with van der Waals surface area (Å²) in [6.07, 6.45) is 1.10. The van der Waals surface area contributed by atoms with Crippen LogP contribution in [0.2, 0.25) is 0 Å². The molecule has 70 valence electrons. The lowest BCUT2D eigenvalue weighted by atomic mass is 10.3. The van der Waals surface area contributed by atoms with E-state index in [-0.39, 0.29) is 16.0 Å². The van der Waals surface area contributed by atoms with Crippen LogP contribution in [0.5, 0.6) is 0 Å². The minimum absolute atomic E-state index is 0.109. The zero-order chi connectivity index (χ0) is 10.0. The van der Waals surface area contributed by atoms with Gasteiger partial charge in [0.15, 0.2) is 5.69 Å². The second kappa shape index (κ2) is 3.56. The first-order valence-electron chi connectivity index (χ1n) is 3.31. The maximum Gasteiger partial charge on any atom is 0.305 e. The van der Waals surface area contributed by atoms with Gasteiger partial charge in [0.2, 0.25) is 6.20 Å². The second-order valence-corrected chi connectivity index (χ2v) is 3.04. The van der Waals surface area contributed by atoms with E-state index in [2.05, 4.69) is 21.2 Å². The molecule has 13 heavy (non-hydrogen) atoms. The number of hydrogen-bond acceptors (Lipinski definition) is 4. The lowest BCUT2D eigenvalue weighted by Crippen LogP contribution is -2.28. The molecule has 1 N–H and O–H groups in total. The van der Waals surface area contributed by atoms with Gasteiger partial charge in [-0.15, -0.1) is 0 Å². The van der Waals surface area contributed by atoms with Crippen molar-refractivity contribution in [1.82, 2.24) is 0 Å². The molecule has 0 aromatic carbocycles. The third kappa shape index (κ3) is 1.86. The highest BCUT2D eigenvalue weighted by Crippen LogP contribution is 2.24. The molecule has 0 bridgehead atoms. The van der Waals surface area contributed by atoms with Gasteiger partial charge in [-0.3, -0.25) is 10.1 Å². The Labute approximate surface area is 82.0 Å². The fourth-order valence-corrected chi connectivity index (χ4v) is 1.16. The molecule has 1 rings (SSSR count). The van der Waals surface area contributed by atoms with E-state index in [0.29, 0.717) is 4.73 Å². The summed E-state index contributed by atoms with van der Waals surface area (Å²) in [5, 5.41) is 24.0. The van der Waals surface area contributed by atoms with Crippen LogP contribution in [0.15, 0.2) is 16.9 Å². The van der Waals surface area contributed by atoms with Crippen molar-refractivity contribution in [2.24, 2.45) is 0 Å². The largest absolute Gasteiger partial charge is 0.618 e. The molecule has 0 aliphatic carbocycles. The summed E-state index contributed by atoms with van der Waals surface area (Å²) < 4.78 is 0.608. The quantitative estimate of drug-likeness (QED) is 0.278. The molecule has 0 saturated heterocycles. The van der Waals surface area contributed by atoms with Crippen LogP contribution in [-0.2, 0) is 0 Å². The van der Waals surface area contributed by atoms with Crippen molar-refractivity contribution < 1.29 is 9.65 Å². The number of halogens is 1. The van der Waals surface area contributed by atoms with Gasteiger partial charge in [-0.1, -0.05) is 0 Å². The van der Waals surface area contributed by atoms with E-state index < -0.39 is 4.92 Å². The first-order chi connectivity index (χ1) is 6.06. The van der Waals surface area contributed by atoms with E-state index in [0.717, 1.165) is 12.3 Å². The van der Waals surface area contributed by atoms with Gasteiger partial charge in [-0.05, 0) is 0 Å². The maximum absolute atomic E-state index is 11.0. The fraction of sp³-hybridized carbons (Fsp3) is 0.167. The summed E-state index contributed by atoms with van der Waals surface area (Å²) in [5.74, 6) is 0. The molecule has 1 heterocycles. The minimum Gasteiger partial charge on any atom is -0.618 e. The molecule has 0 aliphatic rings. The van der Waals surface area contributed by atoms with Crippen LogP contribution >= 0.6 is 15.9 Å². The summed E-state index contributed by atoms with van der Waals surface area (Å²) in [6, 6.07) is 1.15. The number of rotatable bonds is 2. The monoisotopic (exact) mass is 247 g/mol. The van der Waals surface area contributed by atoms with Gasteiger partial charge in [0.05, 0.1) is 11.0 Å². The van der Waals surface area contributed by atoms with Crippen molar-refractivity contribution >= 4 is 27.3 Å². The normalized spacial score (nSPS) is 9.69. The van der Waals surface area contributed by atoms with Crippen molar-refractivity contribution in [1.29, 1.82) is 0 Å². The van der Waals surface area contributed by atoms with Crippen LogP contribution in [0.4, 0.5) is 11.4 Å². The van der Waals surface area contributed by atoms with Crippen molar-refractivity contribution in [3.63, 3.8) is 0 Å². The Morgan fingerprint density at radius 1 is 1.69 bits per heavy atom. The Bertz CT molecular complexity index is 355. The van der Waals surface area contributed by atoms with E-state index >= 15 is 0 Å². The molecule has 0 unspecified atom stereocenters. The van der Waals surface area contributed by atoms with Gasteiger partial charge >= 0.3 is 5.69 Å². The molecule has 0 radical (unpaired) electrons.